The Hall–Kier alpha value is 0.190. The number of rotatable bonds is 3. The molecular weight excluding hydrogens is 273 g/mol. The Morgan fingerprint density at radius 3 is 3.00 bits per heavy atom. The maximum atomic E-state index is 5.27. The lowest BCUT2D eigenvalue weighted by Gasteiger charge is -2.07. The fourth-order valence-corrected chi connectivity index (χ4v) is 1.86. The van der Waals surface area contributed by atoms with Crippen LogP contribution in [-0.4, -0.2) is 4.98 Å². The fraction of sp³-hybridized carbons (Fsp3) is 0.286. The predicted octanol–water partition coefficient (Wildman–Crippen LogP) is 3.16. The van der Waals surface area contributed by atoms with Gasteiger partial charge in [0, 0.05) is 27.4 Å². The topological polar surface area (TPSA) is 22.1 Å². The first-order valence-corrected chi connectivity index (χ1v) is 6.48. The molecule has 1 aromatic rings. The molecule has 0 aromatic carbocycles. The number of aromatic nitrogens is 1. The summed E-state index contributed by atoms with van der Waals surface area (Å²) in [4.78, 5) is 4.16. The van der Waals surface area contributed by atoms with Crippen LogP contribution in [0, 0.1) is 0 Å². The van der Waals surface area contributed by atoms with Crippen LogP contribution in [0.3, 0.4) is 0 Å². The highest BCUT2D eigenvalue weighted by molar-refractivity contribution is 14.2. The molecule has 1 heterocycles. The van der Waals surface area contributed by atoms with E-state index in [9.17, 15) is 0 Å². The van der Waals surface area contributed by atoms with Crippen molar-refractivity contribution < 1.29 is 4.18 Å². The van der Waals surface area contributed by atoms with E-state index in [1.165, 1.54) is 9.21 Å². The quantitative estimate of drug-likeness (QED) is 0.627. The highest BCUT2D eigenvalue weighted by Crippen LogP contribution is 2.24. The molecule has 0 fully saturated rings. The van der Waals surface area contributed by atoms with Gasteiger partial charge in [0.2, 0.25) is 0 Å². The molecule has 60 valence electrons. The van der Waals surface area contributed by atoms with Crippen molar-refractivity contribution in [2.45, 2.75) is 13.0 Å². The van der Waals surface area contributed by atoms with Crippen LogP contribution in [0.5, 0.6) is 0 Å². The average molecular weight is 281 g/mol. The first kappa shape index (κ1) is 9.28. The van der Waals surface area contributed by atoms with Crippen LogP contribution < -0.4 is 0 Å². The molecule has 0 amide bonds. The van der Waals surface area contributed by atoms with Gasteiger partial charge in [0.25, 0.3) is 0 Å². The lowest BCUT2D eigenvalue weighted by atomic mass is 10.2. The van der Waals surface area contributed by atoms with Gasteiger partial charge in [-0.3, -0.25) is 9.17 Å². The van der Waals surface area contributed by atoms with E-state index in [0.29, 0.717) is 0 Å². The first-order chi connectivity index (χ1) is 5.34. The molecule has 2 nitrogen and oxygen atoms in total. The number of pyridine rings is 1. The normalized spacial score (nSPS) is 12.9. The van der Waals surface area contributed by atoms with E-state index in [2.05, 4.69) is 26.2 Å². The van der Waals surface area contributed by atoms with Crippen molar-refractivity contribution in [2.75, 3.05) is 0 Å². The fourth-order valence-electron chi connectivity index (χ4n) is 0.720. The van der Waals surface area contributed by atoms with Gasteiger partial charge in [-0.2, -0.15) is 0 Å². The summed E-state index contributed by atoms with van der Waals surface area (Å²) in [5.74, 6) is 0. The molecular formula is C7H8INOS. The third-order valence-electron chi connectivity index (χ3n) is 1.28. The van der Waals surface area contributed by atoms with Crippen LogP contribution >= 0.6 is 30.4 Å². The van der Waals surface area contributed by atoms with E-state index in [0.717, 1.165) is 5.69 Å². The Morgan fingerprint density at radius 1 is 1.64 bits per heavy atom. The molecule has 0 N–H and O–H groups in total. The second-order valence-corrected chi connectivity index (χ2v) is 3.45. The molecule has 1 atom stereocenters. The number of nitrogens with zero attached hydrogens (tertiary/aromatic N) is 1. The molecule has 11 heavy (non-hydrogen) atoms. The van der Waals surface area contributed by atoms with Crippen molar-refractivity contribution in [1.82, 2.24) is 4.98 Å². The standard InChI is InChI=1S/C7H8INOS/c1-6(10-11-8)7-4-2-3-5-9-7/h2-6H,1H3/t6-/m1/s1. The smallest absolute Gasteiger partial charge is 0.112 e. The minimum Gasteiger partial charge on any atom is -0.296 e. The first-order valence-electron chi connectivity index (χ1n) is 3.19. The minimum atomic E-state index is 0.0677. The van der Waals surface area contributed by atoms with Gasteiger partial charge in [0.1, 0.15) is 6.10 Å². The van der Waals surface area contributed by atoms with E-state index in [1.807, 2.05) is 25.1 Å². The minimum absolute atomic E-state index is 0.0677. The Morgan fingerprint density at radius 2 is 2.45 bits per heavy atom. The molecule has 0 spiro atoms. The van der Waals surface area contributed by atoms with Gasteiger partial charge in [-0.15, -0.1) is 0 Å². The summed E-state index contributed by atoms with van der Waals surface area (Å²) < 4.78 is 5.27. The van der Waals surface area contributed by atoms with Crippen molar-refractivity contribution in [3.05, 3.63) is 30.1 Å². The number of halogens is 1. The van der Waals surface area contributed by atoms with Gasteiger partial charge < -0.3 is 0 Å². The Balaban J connectivity index is 2.61. The van der Waals surface area contributed by atoms with Crippen molar-refractivity contribution in [3.8, 4) is 0 Å². The Bertz CT molecular complexity index is 207. The molecule has 0 aliphatic rings. The van der Waals surface area contributed by atoms with Gasteiger partial charge in [-0.25, -0.2) is 0 Å². The second-order valence-electron chi connectivity index (χ2n) is 2.06. The maximum absolute atomic E-state index is 5.27. The largest absolute Gasteiger partial charge is 0.296 e. The summed E-state index contributed by atoms with van der Waals surface area (Å²) in [5.41, 5.74) is 0.969. The van der Waals surface area contributed by atoms with Crippen LogP contribution in [-0.2, 0) is 4.18 Å². The third kappa shape index (κ3) is 2.96. The van der Waals surface area contributed by atoms with Crippen molar-refractivity contribution in [3.63, 3.8) is 0 Å². The zero-order chi connectivity index (χ0) is 8.10. The predicted molar refractivity (Wildman–Crippen MR) is 55.3 cm³/mol. The molecule has 0 radical (unpaired) electrons. The zero-order valence-electron chi connectivity index (χ0n) is 6.03. The zero-order valence-corrected chi connectivity index (χ0v) is 9.00. The number of hydrogen-bond acceptors (Lipinski definition) is 3. The number of hydrogen-bond donors (Lipinski definition) is 0. The average Bonchev–Trinajstić information content (AvgIpc) is 2.07. The summed E-state index contributed by atoms with van der Waals surface area (Å²) in [6.45, 7) is 1.98. The highest BCUT2D eigenvalue weighted by atomic mass is 127. The maximum Gasteiger partial charge on any atom is 0.112 e. The van der Waals surface area contributed by atoms with Crippen molar-refractivity contribution in [2.24, 2.45) is 0 Å². The van der Waals surface area contributed by atoms with Crippen LogP contribution in [0.4, 0.5) is 0 Å². The van der Waals surface area contributed by atoms with Crippen LogP contribution in [0.2, 0.25) is 0 Å². The van der Waals surface area contributed by atoms with Gasteiger partial charge in [-0.1, -0.05) is 6.07 Å². The van der Waals surface area contributed by atoms with E-state index in [-0.39, 0.29) is 6.10 Å². The van der Waals surface area contributed by atoms with Crippen molar-refractivity contribution >= 4 is 30.4 Å². The van der Waals surface area contributed by atoms with Gasteiger partial charge in [0.05, 0.1) is 14.9 Å². The molecule has 0 saturated heterocycles. The second kappa shape index (κ2) is 4.95. The monoisotopic (exact) mass is 281 g/mol. The van der Waals surface area contributed by atoms with Gasteiger partial charge in [0.15, 0.2) is 0 Å². The molecule has 1 aromatic heterocycles. The Labute approximate surface area is 82.5 Å². The van der Waals surface area contributed by atoms with E-state index < -0.39 is 0 Å². The van der Waals surface area contributed by atoms with Gasteiger partial charge in [-0.05, 0) is 19.1 Å². The van der Waals surface area contributed by atoms with Crippen LogP contribution in [0.1, 0.15) is 18.7 Å². The van der Waals surface area contributed by atoms with Crippen molar-refractivity contribution in [1.29, 1.82) is 0 Å². The molecule has 4 heteroatoms. The van der Waals surface area contributed by atoms with E-state index >= 15 is 0 Å². The Kier molecular flexibility index (Phi) is 4.17. The van der Waals surface area contributed by atoms with Gasteiger partial charge >= 0.3 is 0 Å². The summed E-state index contributed by atoms with van der Waals surface area (Å²) in [6.07, 6.45) is 1.84. The van der Waals surface area contributed by atoms with E-state index in [4.69, 9.17) is 4.18 Å². The summed E-state index contributed by atoms with van der Waals surface area (Å²) in [5, 5.41) is 0. The highest BCUT2D eigenvalue weighted by Gasteiger charge is 2.04. The molecule has 1 rings (SSSR count). The lowest BCUT2D eigenvalue weighted by Crippen LogP contribution is -1.95. The molecule has 0 aliphatic carbocycles. The van der Waals surface area contributed by atoms with Crippen LogP contribution in [0.15, 0.2) is 24.4 Å². The molecule has 0 saturated carbocycles. The van der Waals surface area contributed by atoms with E-state index in [1.54, 1.807) is 6.20 Å². The molecule has 0 unspecified atom stereocenters. The SMILES string of the molecule is C[C@@H](OSI)c1ccccn1. The lowest BCUT2D eigenvalue weighted by molar-refractivity contribution is 0.272. The summed E-state index contributed by atoms with van der Waals surface area (Å²) >= 11 is 2.10. The third-order valence-corrected chi connectivity index (χ3v) is 2.27. The molecule has 0 aliphatic heterocycles. The summed E-state index contributed by atoms with van der Waals surface area (Å²) in [7, 11) is 1.33. The van der Waals surface area contributed by atoms with Crippen LogP contribution in [0.25, 0.3) is 0 Å². The molecule has 0 bridgehead atoms. The summed E-state index contributed by atoms with van der Waals surface area (Å²) in [6, 6.07) is 5.81.